The number of hydrogen-bond acceptors (Lipinski definition) is 2. The maximum atomic E-state index is 9.75. The highest BCUT2D eigenvalue weighted by Gasteiger charge is 2.28. The first-order valence-electron chi connectivity index (χ1n) is 1.52. The van der Waals surface area contributed by atoms with E-state index < -0.39 is 11.1 Å². The molecule has 0 aromatic carbocycles. The van der Waals surface area contributed by atoms with Gasteiger partial charge in [0.05, 0.1) is 6.61 Å². The summed E-state index contributed by atoms with van der Waals surface area (Å²) in [5.74, 6) is 0. The van der Waals surface area contributed by atoms with Crippen molar-refractivity contribution in [3.63, 3.8) is 0 Å². The Morgan fingerprint density at radius 1 is 2.00 bits per heavy atom. The highest BCUT2D eigenvalue weighted by atomic mass is 32.2. The zero-order chi connectivity index (χ0) is 4.57. The summed E-state index contributed by atoms with van der Waals surface area (Å²) in [6.45, 7) is 0.448. The van der Waals surface area contributed by atoms with Gasteiger partial charge >= 0.3 is 0 Å². The van der Waals surface area contributed by atoms with Gasteiger partial charge in [0.1, 0.15) is 0 Å². The first-order valence-corrected chi connectivity index (χ1v) is 2.69. The van der Waals surface area contributed by atoms with E-state index in [0.717, 1.165) is 0 Å². The van der Waals surface area contributed by atoms with E-state index in [1.807, 2.05) is 0 Å². The van der Waals surface area contributed by atoms with Crippen LogP contribution in [0.2, 0.25) is 0 Å². The molecule has 4 heteroatoms. The molecule has 0 spiro atoms. The van der Waals surface area contributed by atoms with Gasteiger partial charge in [-0.15, -0.1) is 0 Å². The lowest BCUT2D eigenvalue weighted by Crippen LogP contribution is -1.92. The Bertz CT molecular complexity index is 76.9. The molecule has 1 fully saturated rings. The molecule has 1 heterocycles. The van der Waals surface area contributed by atoms with Crippen molar-refractivity contribution in [2.75, 3.05) is 6.61 Å². The summed E-state index contributed by atoms with van der Waals surface area (Å²) in [4.78, 5) is 0. The first-order chi connectivity index (χ1) is 2.80. The second-order valence-corrected chi connectivity index (χ2v) is 2.12. The molecule has 0 aromatic heterocycles. The molecule has 1 rings (SSSR count). The van der Waals surface area contributed by atoms with Gasteiger partial charge in [0.25, 0.3) is 0 Å². The van der Waals surface area contributed by atoms with Crippen molar-refractivity contribution in [3.05, 3.63) is 0 Å². The van der Waals surface area contributed by atoms with Gasteiger partial charge in [-0.3, -0.25) is 0 Å². The largest absolute Gasteiger partial charge is 0.356 e. The zero-order valence-corrected chi connectivity index (χ0v) is 3.77. The molecule has 0 saturated carbocycles. The van der Waals surface area contributed by atoms with Crippen LogP contribution in [0.5, 0.6) is 0 Å². The van der Waals surface area contributed by atoms with Gasteiger partial charge in [0.2, 0.25) is 0 Å². The molecular weight excluding hydrogens is 104 g/mol. The number of rotatable bonds is 1. The molecule has 36 valence electrons. The third kappa shape index (κ3) is 0.767. The molecule has 2 unspecified atom stereocenters. The average Bonchev–Trinajstić information content (AvgIpc) is 2.06. The molecule has 1 N–H and O–H groups in total. The van der Waals surface area contributed by atoms with E-state index >= 15 is 0 Å². The van der Waals surface area contributed by atoms with Gasteiger partial charge in [-0.2, -0.15) is 0 Å². The van der Waals surface area contributed by atoms with Crippen molar-refractivity contribution < 1.29 is 13.5 Å². The summed E-state index contributed by atoms with van der Waals surface area (Å²) >= 11 is -1.73. The summed E-state index contributed by atoms with van der Waals surface area (Å²) in [5, 5.41) is 0. The Hall–Kier alpha value is 0.0700. The lowest BCUT2D eigenvalue weighted by Gasteiger charge is -1.73. The molecular formula is C2H4O3S. The molecule has 0 radical (unpaired) electrons. The van der Waals surface area contributed by atoms with E-state index in [-0.39, 0.29) is 5.44 Å². The zero-order valence-electron chi connectivity index (χ0n) is 2.96. The summed E-state index contributed by atoms with van der Waals surface area (Å²) in [6.07, 6.45) is 0. The van der Waals surface area contributed by atoms with Crippen molar-refractivity contribution in [1.82, 2.24) is 0 Å². The van der Waals surface area contributed by atoms with Crippen molar-refractivity contribution >= 4 is 11.1 Å². The molecule has 1 aliphatic rings. The minimum Gasteiger partial charge on any atom is -0.356 e. The first kappa shape index (κ1) is 4.23. The van der Waals surface area contributed by atoms with E-state index in [0.29, 0.717) is 6.61 Å². The number of ether oxygens (including phenoxy) is 1. The van der Waals surface area contributed by atoms with Crippen LogP contribution in [0.4, 0.5) is 0 Å². The van der Waals surface area contributed by atoms with Crippen LogP contribution in [0.1, 0.15) is 0 Å². The Morgan fingerprint density at radius 3 is 2.50 bits per heavy atom. The van der Waals surface area contributed by atoms with E-state index in [1.54, 1.807) is 0 Å². The van der Waals surface area contributed by atoms with Crippen LogP contribution in [0.15, 0.2) is 0 Å². The van der Waals surface area contributed by atoms with Crippen molar-refractivity contribution in [3.8, 4) is 0 Å². The monoisotopic (exact) mass is 108 g/mol. The molecule has 6 heavy (non-hydrogen) atoms. The summed E-state index contributed by atoms with van der Waals surface area (Å²) in [6, 6.07) is 0. The minimum atomic E-state index is -1.73. The molecule has 0 bridgehead atoms. The second-order valence-electron chi connectivity index (χ2n) is 1.04. The van der Waals surface area contributed by atoms with E-state index in [9.17, 15) is 4.21 Å². The molecule has 0 amide bonds. The van der Waals surface area contributed by atoms with Crippen LogP contribution in [0.25, 0.3) is 0 Å². The lowest BCUT2D eigenvalue weighted by molar-refractivity contribution is 0.439. The van der Waals surface area contributed by atoms with E-state index in [4.69, 9.17) is 4.55 Å². The maximum Gasteiger partial charge on any atom is 0.185 e. The maximum absolute atomic E-state index is 9.75. The summed E-state index contributed by atoms with van der Waals surface area (Å²) in [7, 11) is 0. The highest BCUT2D eigenvalue weighted by Crippen LogP contribution is 2.10. The predicted octanol–water partition coefficient (Wildman–Crippen LogP) is -0.436. The van der Waals surface area contributed by atoms with Gasteiger partial charge in [0, 0.05) is 0 Å². The fraction of sp³-hybridized carbons (Fsp3) is 1.00. The smallest absolute Gasteiger partial charge is 0.185 e. The minimum absolute atomic E-state index is 0.370. The van der Waals surface area contributed by atoms with Crippen molar-refractivity contribution in [1.29, 1.82) is 0 Å². The number of hydrogen-bond donors (Lipinski definition) is 1. The third-order valence-corrected chi connectivity index (χ3v) is 1.25. The van der Waals surface area contributed by atoms with Gasteiger partial charge < -0.3 is 9.29 Å². The topological polar surface area (TPSA) is 49.8 Å². The molecule has 0 aromatic rings. The standard InChI is InChI=1S/C2H4O3S/c3-6(4)2-1-5-2/h2H,1H2,(H,3,4). The van der Waals surface area contributed by atoms with Crippen LogP contribution in [0.3, 0.4) is 0 Å². The molecule has 2 atom stereocenters. The van der Waals surface area contributed by atoms with Crippen LogP contribution < -0.4 is 0 Å². The van der Waals surface area contributed by atoms with Crippen LogP contribution >= 0.6 is 0 Å². The Morgan fingerprint density at radius 2 is 2.50 bits per heavy atom. The quantitative estimate of drug-likeness (QED) is 0.366. The second kappa shape index (κ2) is 1.29. The summed E-state index contributed by atoms with van der Waals surface area (Å²) in [5.41, 5.74) is -0.370. The Kier molecular flexibility index (Phi) is 0.910. The van der Waals surface area contributed by atoms with Crippen LogP contribution in [-0.2, 0) is 15.8 Å². The van der Waals surface area contributed by atoms with Gasteiger partial charge in [-0.1, -0.05) is 0 Å². The van der Waals surface area contributed by atoms with Gasteiger partial charge in [-0.25, -0.2) is 4.21 Å². The van der Waals surface area contributed by atoms with E-state index in [2.05, 4.69) is 4.74 Å². The van der Waals surface area contributed by atoms with E-state index in [1.165, 1.54) is 0 Å². The molecule has 3 nitrogen and oxygen atoms in total. The SMILES string of the molecule is O=S(O)C1CO1. The van der Waals surface area contributed by atoms with Gasteiger partial charge in [-0.05, 0) is 0 Å². The Labute approximate surface area is 37.6 Å². The summed E-state index contributed by atoms with van der Waals surface area (Å²) < 4.78 is 22.2. The molecule has 0 aliphatic carbocycles. The lowest BCUT2D eigenvalue weighted by atomic mass is 11.0. The molecule has 1 aliphatic heterocycles. The predicted molar refractivity (Wildman–Crippen MR) is 20.5 cm³/mol. The Balaban J connectivity index is 2.31. The van der Waals surface area contributed by atoms with Crippen molar-refractivity contribution in [2.45, 2.75) is 5.44 Å². The fourth-order valence-corrected chi connectivity index (χ4v) is 0.467. The fourth-order valence-electron chi connectivity index (χ4n) is 0.156. The van der Waals surface area contributed by atoms with Crippen LogP contribution in [0, 0.1) is 0 Å². The average molecular weight is 108 g/mol. The third-order valence-electron chi connectivity index (χ3n) is 0.528. The van der Waals surface area contributed by atoms with Crippen molar-refractivity contribution in [2.24, 2.45) is 0 Å². The molecule has 1 saturated heterocycles. The highest BCUT2D eigenvalue weighted by molar-refractivity contribution is 7.80. The number of epoxide rings is 1. The van der Waals surface area contributed by atoms with Gasteiger partial charge in [0.15, 0.2) is 16.5 Å². The van der Waals surface area contributed by atoms with Crippen LogP contribution in [-0.4, -0.2) is 20.8 Å². The normalized spacial score (nSPS) is 35.8.